The molecular weight excluding hydrogens is 640 g/mol. The van der Waals surface area contributed by atoms with Crippen LogP contribution in [0.5, 0.6) is 0 Å². The van der Waals surface area contributed by atoms with Gasteiger partial charge in [0.2, 0.25) is 17.7 Å². The summed E-state index contributed by atoms with van der Waals surface area (Å²) in [5.41, 5.74) is -0.800. The SMILES string of the molecule is O=C(Nc1ccc(-c2ccc(-c3cnc([C@@H]4CCCN4C(=O)C4(C(F)(F)F)CC4)[nH]3)cc2)cc1)[C@@H]1CCN(C(=O)C2(C(F)(F)F)CC2)C1. The molecule has 0 bridgehead atoms. The smallest absolute Gasteiger partial charge is 0.341 e. The number of aromatic nitrogens is 2. The Morgan fingerprint density at radius 1 is 0.771 bits per heavy atom. The maximum Gasteiger partial charge on any atom is 0.403 e. The van der Waals surface area contributed by atoms with Gasteiger partial charge < -0.3 is 20.1 Å². The number of carbonyl (C=O) groups is 3. The van der Waals surface area contributed by atoms with Crippen LogP contribution >= 0.6 is 0 Å². The van der Waals surface area contributed by atoms with Crippen molar-refractivity contribution in [2.45, 2.75) is 63.3 Å². The second-order valence-electron chi connectivity index (χ2n) is 13.4. The first-order chi connectivity index (χ1) is 22.7. The summed E-state index contributed by atoms with van der Waals surface area (Å²) in [6, 6.07) is 14.1. The monoisotopic (exact) mass is 673 g/mol. The highest BCUT2D eigenvalue weighted by Crippen LogP contribution is 2.60. The molecule has 254 valence electrons. The lowest BCUT2D eigenvalue weighted by atomic mass is 10.0. The van der Waals surface area contributed by atoms with Crippen molar-refractivity contribution in [2.24, 2.45) is 16.7 Å². The fourth-order valence-electron chi connectivity index (χ4n) is 7.00. The number of nitrogens with one attached hydrogen (secondary N) is 2. The summed E-state index contributed by atoms with van der Waals surface area (Å²) < 4.78 is 80.9. The van der Waals surface area contributed by atoms with Crippen molar-refractivity contribution in [1.82, 2.24) is 19.8 Å². The number of hydrogen-bond acceptors (Lipinski definition) is 4. The Kier molecular flexibility index (Phi) is 7.63. The number of halogens is 6. The van der Waals surface area contributed by atoms with Gasteiger partial charge in [-0.3, -0.25) is 14.4 Å². The van der Waals surface area contributed by atoms with Gasteiger partial charge in [-0.25, -0.2) is 4.98 Å². The van der Waals surface area contributed by atoms with Gasteiger partial charge in [0.25, 0.3) is 0 Å². The molecule has 2 aromatic carbocycles. The molecule has 2 saturated heterocycles. The van der Waals surface area contributed by atoms with E-state index >= 15 is 0 Å². The maximum absolute atomic E-state index is 13.6. The molecule has 2 N–H and O–H groups in total. The first-order valence-electron chi connectivity index (χ1n) is 16.0. The lowest BCUT2D eigenvalue weighted by Gasteiger charge is -2.29. The lowest BCUT2D eigenvalue weighted by molar-refractivity contribution is -0.200. The molecular formula is C34H33F6N5O3. The minimum absolute atomic E-state index is 0.0411. The summed E-state index contributed by atoms with van der Waals surface area (Å²) in [6.45, 7) is 0.339. The van der Waals surface area contributed by atoms with Crippen molar-refractivity contribution in [1.29, 1.82) is 0 Å². The van der Waals surface area contributed by atoms with Gasteiger partial charge in [-0.15, -0.1) is 0 Å². The van der Waals surface area contributed by atoms with Crippen LogP contribution in [0.2, 0.25) is 0 Å². The van der Waals surface area contributed by atoms with Crippen LogP contribution in [0, 0.1) is 16.7 Å². The first-order valence-corrected chi connectivity index (χ1v) is 16.0. The second-order valence-corrected chi connectivity index (χ2v) is 13.4. The van der Waals surface area contributed by atoms with Crippen LogP contribution in [0.1, 0.15) is 56.8 Å². The summed E-state index contributed by atoms with van der Waals surface area (Å²) in [4.78, 5) is 48.4. The second kappa shape index (κ2) is 11.4. The Morgan fingerprint density at radius 3 is 1.92 bits per heavy atom. The van der Waals surface area contributed by atoms with E-state index in [-0.39, 0.29) is 51.2 Å². The topological polar surface area (TPSA) is 98.4 Å². The van der Waals surface area contributed by atoms with E-state index in [1.807, 2.05) is 36.4 Å². The van der Waals surface area contributed by atoms with E-state index in [0.29, 0.717) is 36.5 Å². The molecule has 0 unspecified atom stereocenters. The largest absolute Gasteiger partial charge is 0.403 e. The van der Waals surface area contributed by atoms with Crippen molar-refractivity contribution < 1.29 is 40.7 Å². The van der Waals surface area contributed by atoms with E-state index in [2.05, 4.69) is 15.3 Å². The lowest BCUT2D eigenvalue weighted by Crippen LogP contribution is -2.44. The van der Waals surface area contributed by atoms with Crippen LogP contribution in [0.4, 0.5) is 32.0 Å². The molecule has 3 heterocycles. The Bertz CT molecular complexity index is 1730. The van der Waals surface area contributed by atoms with Gasteiger partial charge in [-0.05, 0) is 73.8 Å². The highest BCUT2D eigenvalue weighted by Gasteiger charge is 2.70. The zero-order valence-electron chi connectivity index (χ0n) is 25.8. The number of hydrogen-bond donors (Lipinski definition) is 2. The minimum atomic E-state index is -4.58. The molecule has 3 amide bonds. The number of carbonyl (C=O) groups excluding carboxylic acids is 3. The Balaban J connectivity index is 0.956. The number of H-pyrrole nitrogens is 1. The van der Waals surface area contributed by atoms with Crippen molar-refractivity contribution >= 4 is 23.4 Å². The Labute approximate surface area is 271 Å². The van der Waals surface area contributed by atoms with Crippen LogP contribution in [0.3, 0.4) is 0 Å². The van der Waals surface area contributed by atoms with Crippen molar-refractivity contribution in [2.75, 3.05) is 25.0 Å². The third-order valence-electron chi connectivity index (χ3n) is 10.4. The van der Waals surface area contributed by atoms with Gasteiger partial charge in [-0.2, -0.15) is 26.3 Å². The van der Waals surface area contributed by atoms with Gasteiger partial charge in [0.15, 0.2) is 0 Å². The van der Waals surface area contributed by atoms with E-state index in [1.54, 1.807) is 18.3 Å². The van der Waals surface area contributed by atoms with E-state index < -0.39 is 47.0 Å². The van der Waals surface area contributed by atoms with E-state index in [1.165, 1.54) is 4.90 Å². The fourth-order valence-corrected chi connectivity index (χ4v) is 7.00. The number of likely N-dealkylation sites (tertiary alicyclic amines) is 2. The molecule has 0 radical (unpaired) electrons. The Morgan fingerprint density at radius 2 is 1.33 bits per heavy atom. The minimum Gasteiger partial charge on any atom is -0.341 e. The van der Waals surface area contributed by atoms with Crippen LogP contribution in [0.25, 0.3) is 22.4 Å². The van der Waals surface area contributed by atoms with Crippen molar-refractivity contribution in [3.8, 4) is 22.4 Å². The number of rotatable bonds is 7. The summed E-state index contributed by atoms with van der Waals surface area (Å²) >= 11 is 0. The third kappa shape index (κ3) is 5.52. The summed E-state index contributed by atoms with van der Waals surface area (Å²) in [5.74, 6) is -2.29. The molecule has 48 heavy (non-hydrogen) atoms. The van der Waals surface area contributed by atoms with Crippen molar-refractivity contribution in [3.05, 3.63) is 60.6 Å². The number of aromatic amines is 1. The molecule has 7 rings (SSSR count). The molecule has 4 fully saturated rings. The molecule has 8 nitrogen and oxygen atoms in total. The molecule has 2 atom stereocenters. The first kappa shape index (κ1) is 32.2. The van der Waals surface area contributed by atoms with Crippen LogP contribution in [0.15, 0.2) is 54.7 Å². The van der Waals surface area contributed by atoms with Gasteiger partial charge in [0, 0.05) is 25.3 Å². The number of amides is 3. The van der Waals surface area contributed by atoms with Gasteiger partial charge in [-0.1, -0.05) is 36.4 Å². The number of benzene rings is 2. The van der Waals surface area contributed by atoms with Crippen molar-refractivity contribution in [3.63, 3.8) is 0 Å². The third-order valence-corrected chi connectivity index (χ3v) is 10.4. The predicted octanol–water partition coefficient (Wildman–Crippen LogP) is 6.88. The fraction of sp³-hybridized carbons (Fsp3) is 0.471. The number of imidazole rings is 1. The summed E-state index contributed by atoms with van der Waals surface area (Å²) in [5, 5.41) is 2.80. The molecule has 0 spiro atoms. The summed E-state index contributed by atoms with van der Waals surface area (Å²) in [6.07, 6.45) is -6.87. The standard InChI is InChI=1S/C34H33F6N5O3/c35-33(36,37)31(12-13-31)29(47)44-17-11-23(19-44)28(46)42-24-9-7-21(8-10-24)20-3-5-22(6-4-20)25-18-41-27(43-25)26-2-1-16-45(26)30(48)32(14-15-32)34(38,39)40/h3-10,18,23,26H,1-2,11-17,19H2,(H,41,43)(H,42,46)/t23-,26+/m1/s1. The highest BCUT2D eigenvalue weighted by atomic mass is 19.4. The molecule has 1 aromatic heterocycles. The van der Waals surface area contributed by atoms with Gasteiger partial charge in [0.05, 0.1) is 23.9 Å². The Hall–Kier alpha value is -4.36. The average Bonchev–Trinajstić information content (AvgIpc) is 3.86. The maximum atomic E-state index is 13.6. The molecule has 2 aliphatic carbocycles. The molecule has 2 aliphatic heterocycles. The zero-order chi connectivity index (χ0) is 34.1. The van der Waals surface area contributed by atoms with E-state index in [0.717, 1.165) is 21.6 Å². The van der Waals surface area contributed by atoms with Crippen LogP contribution in [-0.2, 0) is 14.4 Å². The van der Waals surface area contributed by atoms with Crippen LogP contribution in [-0.4, -0.2) is 69.5 Å². The quantitative estimate of drug-likeness (QED) is 0.267. The van der Waals surface area contributed by atoms with Gasteiger partial charge in [0.1, 0.15) is 16.7 Å². The van der Waals surface area contributed by atoms with E-state index in [9.17, 15) is 40.7 Å². The number of alkyl halides is 6. The number of anilines is 1. The summed E-state index contributed by atoms with van der Waals surface area (Å²) in [7, 11) is 0. The average molecular weight is 674 g/mol. The molecule has 4 aliphatic rings. The highest BCUT2D eigenvalue weighted by molar-refractivity contribution is 5.94. The zero-order valence-corrected chi connectivity index (χ0v) is 25.8. The molecule has 14 heteroatoms. The predicted molar refractivity (Wildman–Crippen MR) is 162 cm³/mol. The molecule has 3 aromatic rings. The normalized spacial score (nSPS) is 22.9. The number of nitrogens with zero attached hydrogens (tertiary/aromatic N) is 3. The van der Waals surface area contributed by atoms with E-state index in [4.69, 9.17) is 0 Å². The van der Waals surface area contributed by atoms with Gasteiger partial charge >= 0.3 is 12.4 Å². The van der Waals surface area contributed by atoms with Crippen LogP contribution < -0.4 is 5.32 Å². The molecule has 2 saturated carbocycles.